The molecule has 0 N–H and O–H groups in total. The molecule has 0 saturated carbocycles. The van der Waals surface area contributed by atoms with Crippen molar-refractivity contribution in [2.45, 2.75) is 122 Å². The minimum atomic E-state index is -4.87. The lowest BCUT2D eigenvalue weighted by atomic mass is 10.0. The molecule has 0 aliphatic rings. The van der Waals surface area contributed by atoms with Crippen molar-refractivity contribution in [2.75, 3.05) is 6.61 Å². The highest BCUT2D eigenvalue weighted by atomic mass is 19.4. The van der Waals surface area contributed by atoms with Crippen LogP contribution in [0.15, 0.2) is 0 Å². The molecule has 0 aromatic carbocycles. The third-order valence-corrected chi connectivity index (χ3v) is 4.71. The SMILES string of the molecule is CCCCCCCCCCCCCCCCCCCOC(=O)C(F)(F)F. The van der Waals surface area contributed by atoms with Gasteiger partial charge < -0.3 is 4.74 Å². The summed E-state index contributed by atoms with van der Waals surface area (Å²) in [5.74, 6) is -2.08. The molecule has 0 heterocycles. The first-order valence-electron chi connectivity index (χ1n) is 10.7. The number of rotatable bonds is 18. The molecule has 0 saturated heterocycles. The van der Waals surface area contributed by atoms with Gasteiger partial charge in [-0.25, -0.2) is 4.79 Å². The van der Waals surface area contributed by atoms with Crippen molar-refractivity contribution >= 4 is 5.97 Å². The van der Waals surface area contributed by atoms with E-state index in [2.05, 4.69) is 11.7 Å². The summed E-state index contributed by atoms with van der Waals surface area (Å²) in [7, 11) is 0. The van der Waals surface area contributed by atoms with Gasteiger partial charge in [-0.15, -0.1) is 0 Å². The highest BCUT2D eigenvalue weighted by molar-refractivity contribution is 5.75. The molecule has 0 spiro atoms. The minimum Gasteiger partial charge on any atom is -0.459 e. The average Bonchev–Trinajstić information content (AvgIpc) is 2.59. The number of halogens is 3. The van der Waals surface area contributed by atoms with E-state index < -0.39 is 12.1 Å². The van der Waals surface area contributed by atoms with Gasteiger partial charge in [0.1, 0.15) is 0 Å². The number of hydrogen-bond acceptors (Lipinski definition) is 2. The molecule has 0 radical (unpaired) electrons. The van der Waals surface area contributed by atoms with Crippen molar-refractivity contribution in [3.63, 3.8) is 0 Å². The maximum absolute atomic E-state index is 11.9. The van der Waals surface area contributed by atoms with E-state index in [-0.39, 0.29) is 6.61 Å². The Kier molecular flexibility index (Phi) is 17.2. The van der Waals surface area contributed by atoms with Gasteiger partial charge in [-0.05, 0) is 6.42 Å². The van der Waals surface area contributed by atoms with Gasteiger partial charge in [-0.2, -0.15) is 13.2 Å². The number of unbranched alkanes of at least 4 members (excludes halogenated alkanes) is 16. The number of esters is 1. The number of hydrogen-bond donors (Lipinski definition) is 0. The molecule has 0 aliphatic heterocycles. The topological polar surface area (TPSA) is 26.3 Å². The van der Waals surface area contributed by atoms with Crippen molar-refractivity contribution in [3.8, 4) is 0 Å². The summed E-state index contributed by atoms with van der Waals surface area (Å²) < 4.78 is 39.9. The Hall–Kier alpha value is -0.740. The minimum absolute atomic E-state index is 0.128. The van der Waals surface area contributed by atoms with Gasteiger partial charge in [0.25, 0.3) is 0 Å². The van der Waals surface area contributed by atoms with Crippen molar-refractivity contribution in [2.24, 2.45) is 0 Å². The Balaban J connectivity index is 3.10. The van der Waals surface area contributed by atoms with Crippen LogP contribution in [-0.4, -0.2) is 18.8 Å². The van der Waals surface area contributed by atoms with Crippen LogP contribution in [0.4, 0.5) is 13.2 Å². The van der Waals surface area contributed by atoms with E-state index in [1.54, 1.807) is 0 Å². The molecule has 2 nitrogen and oxygen atoms in total. The molecule has 156 valence electrons. The van der Waals surface area contributed by atoms with E-state index in [1.807, 2.05) is 0 Å². The first-order chi connectivity index (χ1) is 12.5. The summed E-state index contributed by atoms with van der Waals surface area (Å²) in [4.78, 5) is 10.5. The lowest BCUT2D eigenvalue weighted by Gasteiger charge is -2.07. The summed E-state index contributed by atoms with van der Waals surface area (Å²) >= 11 is 0. The zero-order chi connectivity index (χ0) is 19.5. The normalized spacial score (nSPS) is 11.7. The summed E-state index contributed by atoms with van der Waals surface area (Å²) in [5.41, 5.74) is 0. The van der Waals surface area contributed by atoms with Gasteiger partial charge in [0.05, 0.1) is 6.61 Å². The maximum Gasteiger partial charge on any atom is 0.490 e. The average molecular weight is 381 g/mol. The second kappa shape index (κ2) is 17.7. The first-order valence-corrected chi connectivity index (χ1v) is 10.7. The van der Waals surface area contributed by atoms with Gasteiger partial charge in [0.15, 0.2) is 0 Å². The van der Waals surface area contributed by atoms with Crippen LogP contribution < -0.4 is 0 Å². The molecule has 26 heavy (non-hydrogen) atoms. The van der Waals surface area contributed by atoms with Crippen LogP contribution in [0.1, 0.15) is 116 Å². The molecule has 0 aromatic heterocycles. The van der Waals surface area contributed by atoms with Crippen LogP contribution in [0.5, 0.6) is 0 Å². The second-order valence-electron chi connectivity index (χ2n) is 7.29. The van der Waals surface area contributed by atoms with Crippen LogP contribution >= 0.6 is 0 Å². The van der Waals surface area contributed by atoms with Crippen LogP contribution in [0, 0.1) is 0 Å². The first kappa shape index (κ1) is 25.3. The fourth-order valence-electron chi connectivity index (χ4n) is 3.07. The van der Waals surface area contributed by atoms with Gasteiger partial charge in [0, 0.05) is 0 Å². The summed E-state index contributed by atoms with van der Waals surface area (Å²) in [6.07, 6.45) is 16.0. The molecular formula is C21H39F3O2. The van der Waals surface area contributed by atoms with Crippen LogP contribution in [0.25, 0.3) is 0 Å². The summed E-state index contributed by atoms with van der Waals surface area (Å²) in [6.45, 7) is 2.12. The van der Waals surface area contributed by atoms with Crippen molar-refractivity contribution in [1.29, 1.82) is 0 Å². The third-order valence-electron chi connectivity index (χ3n) is 4.71. The lowest BCUT2D eigenvalue weighted by molar-refractivity contribution is -0.199. The monoisotopic (exact) mass is 380 g/mol. The molecule has 0 amide bonds. The molecule has 0 unspecified atom stereocenters. The van der Waals surface area contributed by atoms with Crippen molar-refractivity contribution < 1.29 is 22.7 Å². The van der Waals surface area contributed by atoms with E-state index >= 15 is 0 Å². The molecule has 0 atom stereocenters. The maximum atomic E-state index is 11.9. The van der Waals surface area contributed by atoms with Gasteiger partial charge >= 0.3 is 12.1 Å². The Labute approximate surface area is 158 Å². The van der Waals surface area contributed by atoms with Crippen molar-refractivity contribution in [1.82, 2.24) is 0 Å². The number of alkyl halides is 3. The van der Waals surface area contributed by atoms with E-state index in [0.717, 1.165) is 19.3 Å². The number of carbonyl (C=O) groups excluding carboxylic acids is 1. The van der Waals surface area contributed by atoms with Crippen molar-refractivity contribution in [3.05, 3.63) is 0 Å². The quantitative estimate of drug-likeness (QED) is 0.179. The molecule has 0 aliphatic carbocycles. The third kappa shape index (κ3) is 18.1. The Morgan fingerprint density at radius 3 is 1.23 bits per heavy atom. The molecule has 0 fully saturated rings. The highest BCUT2D eigenvalue weighted by Crippen LogP contribution is 2.17. The van der Waals surface area contributed by atoms with E-state index in [4.69, 9.17) is 0 Å². The van der Waals surface area contributed by atoms with E-state index in [0.29, 0.717) is 6.42 Å². The summed E-state index contributed by atoms with van der Waals surface area (Å²) in [6, 6.07) is 0. The molecule has 0 rings (SSSR count). The smallest absolute Gasteiger partial charge is 0.459 e. The Morgan fingerprint density at radius 2 is 0.923 bits per heavy atom. The number of ether oxygens (including phenoxy) is 1. The van der Waals surface area contributed by atoms with Gasteiger partial charge in [0.2, 0.25) is 0 Å². The largest absolute Gasteiger partial charge is 0.490 e. The molecule has 0 aromatic rings. The van der Waals surface area contributed by atoms with Crippen LogP contribution in [0.2, 0.25) is 0 Å². The van der Waals surface area contributed by atoms with Gasteiger partial charge in [-0.3, -0.25) is 0 Å². The Bertz CT molecular complexity index is 317. The lowest BCUT2D eigenvalue weighted by Crippen LogP contribution is -2.25. The molecule has 0 bridgehead atoms. The fourth-order valence-corrected chi connectivity index (χ4v) is 3.07. The molecular weight excluding hydrogens is 341 g/mol. The summed E-state index contributed by atoms with van der Waals surface area (Å²) in [5, 5.41) is 0. The number of carbonyl (C=O) groups is 1. The highest BCUT2D eigenvalue weighted by Gasteiger charge is 2.40. The second-order valence-corrected chi connectivity index (χ2v) is 7.29. The van der Waals surface area contributed by atoms with E-state index in [1.165, 1.54) is 83.5 Å². The Morgan fingerprint density at radius 1 is 0.615 bits per heavy atom. The van der Waals surface area contributed by atoms with Crippen LogP contribution in [-0.2, 0) is 9.53 Å². The molecule has 5 heteroatoms. The predicted octanol–water partition coefficient (Wildman–Crippen LogP) is 7.74. The standard InChI is InChI=1S/C21H39F3O2/c1-2-3-4-5-6-7-8-9-10-11-12-13-14-15-16-17-18-19-26-20(25)21(22,23)24/h2-19H2,1H3. The zero-order valence-corrected chi connectivity index (χ0v) is 16.7. The van der Waals surface area contributed by atoms with Crippen LogP contribution in [0.3, 0.4) is 0 Å². The fraction of sp³-hybridized carbons (Fsp3) is 0.952. The zero-order valence-electron chi connectivity index (χ0n) is 16.7. The van der Waals surface area contributed by atoms with Gasteiger partial charge in [-0.1, -0.05) is 110 Å². The predicted molar refractivity (Wildman–Crippen MR) is 101 cm³/mol. The van der Waals surface area contributed by atoms with E-state index in [9.17, 15) is 18.0 Å².